The molecule has 2 nitrogen and oxygen atoms in total. The predicted molar refractivity (Wildman–Crippen MR) is 77.0 cm³/mol. The van der Waals surface area contributed by atoms with Crippen LogP contribution in [0, 0.1) is 0 Å². The third kappa shape index (κ3) is 1.89. The van der Waals surface area contributed by atoms with E-state index in [4.69, 9.17) is 0 Å². The fourth-order valence-corrected chi connectivity index (χ4v) is 3.68. The molecule has 1 aliphatic carbocycles. The molecule has 0 radical (unpaired) electrons. The summed E-state index contributed by atoms with van der Waals surface area (Å²) in [6, 6.07) is 13.8. The van der Waals surface area contributed by atoms with E-state index in [0.29, 0.717) is 4.90 Å². The lowest BCUT2D eigenvalue weighted by Crippen LogP contribution is -2.14. The van der Waals surface area contributed by atoms with E-state index in [9.17, 15) is 8.42 Å². The van der Waals surface area contributed by atoms with Crippen LogP contribution in [0.1, 0.15) is 25.0 Å². The molecule has 0 saturated heterocycles. The molecule has 0 aliphatic heterocycles. The molecule has 19 heavy (non-hydrogen) atoms. The minimum Gasteiger partial charge on any atom is -0.223 e. The molecule has 2 aromatic rings. The Balaban J connectivity index is 2.13. The van der Waals surface area contributed by atoms with Crippen molar-refractivity contribution in [3.8, 4) is 11.1 Å². The Morgan fingerprint density at radius 2 is 1.63 bits per heavy atom. The van der Waals surface area contributed by atoms with Gasteiger partial charge in [-0.05, 0) is 54.7 Å². The molecular weight excluding hydrogens is 256 g/mol. The van der Waals surface area contributed by atoms with Crippen LogP contribution in [0.2, 0.25) is 0 Å². The van der Waals surface area contributed by atoms with Crippen molar-refractivity contribution in [2.45, 2.75) is 30.4 Å². The van der Waals surface area contributed by atoms with Gasteiger partial charge in [0.15, 0.2) is 9.84 Å². The number of hydrogen-bond donors (Lipinski definition) is 0. The zero-order valence-corrected chi connectivity index (χ0v) is 11.9. The van der Waals surface area contributed by atoms with Crippen LogP contribution in [0.3, 0.4) is 0 Å². The first kappa shape index (κ1) is 12.4. The van der Waals surface area contributed by atoms with E-state index in [-0.39, 0.29) is 5.25 Å². The van der Waals surface area contributed by atoms with E-state index in [2.05, 4.69) is 12.1 Å². The number of fused-ring (bicyclic) bond motifs is 3. The number of benzene rings is 2. The molecule has 98 valence electrons. The Labute approximate surface area is 114 Å². The van der Waals surface area contributed by atoms with Crippen LogP contribution >= 0.6 is 0 Å². The summed E-state index contributed by atoms with van der Waals surface area (Å²) < 4.78 is 24.4. The summed E-state index contributed by atoms with van der Waals surface area (Å²) in [5.74, 6) is 0. The van der Waals surface area contributed by atoms with Crippen molar-refractivity contribution in [2.24, 2.45) is 0 Å². The minimum atomic E-state index is -3.19. The summed E-state index contributed by atoms with van der Waals surface area (Å²) >= 11 is 0. The average Bonchev–Trinajstić information content (AvgIpc) is 2.75. The largest absolute Gasteiger partial charge is 0.223 e. The molecule has 0 unspecified atom stereocenters. The maximum atomic E-state index is 12.2. The predicted octanol–water partition coefficient (Wildman–Crippen LogP) is 3.44. The van der Waals surface area contributed by atoms with Crippen LogP contribution in [0.5, 0.6) is 0 Å². The van der Waals surface area contributed by atoms with Crippen molar-refractivity contribution in [1.82, 2.24) is 0 Å². The van der Waals surface area contributed by atoms with Gasteiger partial charge in [-0.1, -0.05) is 30.3 Å². The van der Waals surface area contributed by atoms with Gasteiger partial charge in [0.2, 0.25) is 0 Å². The SMILES string of the molecule is CC(C)S(=O)(=O)c1ccc2c(c1)Cc1ccccc1-2. The summed E-state index contributed by atoms with van der Waals surface area (Å²) in [6.45, 7) is 3.44. The topological polar surface area (TPSA) is 34.1 Å². The molecule has 0 atom stereocenters. The van der Waals surface area contributed by atoms with E-state index in [1.54, 1.807) is 19.9 Å². The molecule has 0 aromatic heterocycles. The van der Waals surface area contributed by atoms with Crippen LogP contribution < -0.4 is 0 Å². The summed E-state index contributed by atoms with van der Waals surface area (Å²) in [4.78, 5) is 0.439. The Bertz CT molecular complexity index is 743. The highest BCUT2D eigenvalue weighted by molar-refractivity contribution is 7.92. The molecular formula is C16H16O2S. The fourth-order valence-electron chi connectivity index (χ4n) is 2.57. The molecule has 0 bridgehead atoms. The summed E-state index contributed by atoms with van der Waals surface area (Å²) in [5.41, 5.74) is 4.78. The van der Waals surface area contributed by atoms with Gasteiger partial charge in [-0.2, -0.15) is 0 Å². The normalized spacial score (nSPS) is 13.4. The van der Waals surface area contributed by atoms with Gasteiger partial charge in [-0.15, -0.1) is 0 Å². The minimum absolute atomic E-state index is 0.380. The molecule has 0 amide bonds. The van der Waals surface area contributed by atoms with Crippen molar-refractivity contribution in [3.63, 3.8) is 0 Å². The van der Waals surface area contributed by atoms with Crippen LogP contribution in [0.4, 0.5) is 0 Å². The van der Waals surface area contributed by atoms with Gasteiger partial charge >= 0.3 is 0 Å². The molecule has 3 rings (SSSR count). The Morgan fingerprint density at radius 3 is 2.37 bits per heavy atom. The van der Waals surface area contributed by atoms with Crippen LogP contribution in [-0.2, 0) is 16.3 Å². The summed E-state index contributed by atoms with van der Waals surface area (Å²) in [5, 5.41) is -0.380. The van der Waals surface area contributed by atoms with Gasteiger partial charge in [0.05, 0.1) is 10.1 Å². The van der Waals surface area contributed by atoms with Gasteiger partial charge in [-0.25, -0.2) is 8.42 Å². The maximum Gasteiger partial charge on any atom is 0.180 e. The zero-order valence-electron chi connectivity index (χ0n) is 11.1. The molecule has 2 aromatic carbocycles. The molecule has 0 N–H and O–H groups in total. The monoisotopic (exact) mass is 272 g/mol. The van der Waals surface area contributed by atoms with E-state index in [1.807, 2.05) is 24.3 Å². The zero-order chi connectivity index (χ0) is 13.6. The Morgan fingerprint density at radius 1 is 0.947 bits per heavy atom. The standard InChI is InChI=1S/C16H16O2S/c1-11(2)19(17,18)14-7-8-16-13(10-14)9-12-5-3-4-6-15(12)16/h3-8,10-11H,9H2,1-2H3. The lowest BCUT2D eigenvalue weighted by Gasteiger charge is -2.09. The average molecular weight is 272 g/mol. The fraction of sp³-hybridized carbons (Fsp3) is 0.250. The van der Waals surface area contributed by atoms with Gasteiger partial charge in [0.1, 0.15) is 0 Å². The number of hydrogen-bond acceptors (Lipinski definition) is 2. The summed E-state index contributed by atoms with van der Waals surface area (Å²) in [6.07, 6.45) is 0.826. The van der Waals surface area contributed by atoms with Gasteiger partial charge < -0.3 is 0 Å². The Hall–Kier alpha value is -1.61. The number of rotatable bonds is 2. The van der Waals surface area contributed by atoms with Gasteiger partial charge in [0, 0.05) is 0 Å². The Kier molecular flexibility index (Phi) is 2.75. The van der Waals surface area contributed by atoms with Crippen molar-refractivity contribution in [3.05, 3.63) is 53.6 Å². The highest BCUT2D eigenvalue weighted by atomic mass is 32.2. The van der Waals surface area contributed by atoms with Crippen molar-refractivity contribution >= 4 is 9.84 Å². The summed E-state index contributed by atoms with van der Waals surface area (Å²) in [7, 11) is -3.19. The van der Waals surface area contributed by atoms with E-state index in [0.717, 1.165) is 12.0 Å². The molecule has 1 aliphatic rings. The first-order chi connectivity index (χ1) is 9.00. The molecule has 0 heterocycles. The second-order valence-corrected chi connectivity index (χ2v) is 7.75. The highest BCUT2D eigenvalue weighted by Gasteiger charge is 2.23. The molecule has 0 spiro atoms. The molecule has 0 fully saturated rings. The smallest absolute Gasteiger partial charge is 0.180 e. The highest BCUT2D eigenvalue weighted by Crippen LogP contribution is 2.37. The van der Waals surface area contributed by atoms with Gasteiger partial charge in [-0.3, -0.25) is 0 Å². The molecule has 0 saturated carbocycles. The van der Waals surface area contributed by atoms with Crippen LogP contribution in [0.15, 0.2) is 47.4 Å². The second kappa shape index (κ2) is 4.20. The quantitative estimate of drug-likeness (QED) is 0.716. The van der Waals surface area contributed by atoms with Crippen LogP contribution in [-0.4, -0.2) is 13.7 Å². The van der Waals surface area contributed by atoms with E-state index in [1.165, 1.54) is 16.7 Å². The number of sulfone groups is 1. The van der Waals surface area contributed by atoms with Crippen molar-refractivity contribution in [2.75, 3.05) is 0 Å². The second-order valence-electron chi connectivity index (χ2n) is 5.25. The van der Waals surface area contributed by atoms with Crippen molar-refractivity contribution < 1.29 is 8.42 Å². The molecule has 3 heteroatoms. The van der Waals surface area contributed by atoms with E-state index < -0.39 is 9.84 Å². The third-order valence-corrected chi connectivity index (χ3v) is 5.87. The van der Waals surface area contributed by atoms with Crippen molar-refractivity contribution in [1.29, 1.82) is 0 Å². The lowest BCUT2D eigenvalue weighted by molar-refractivity contribution is 0.587. The lowest BCUT2D eigenvalue weighted by atomic mass is 10.1. The first-order valence-electron chi connectivity index (χ1n) is 6.45. The third-order valence-electron chi connectivity index (χ3n) is 3.71. The van der Waals surface area contributed by atoms with E-state index >= 15 is 0 Å². The van der Waals surface area contributed by atoms with Crippen LogP contribution in [0.25, 0.3) is 11.1 Å². The maximum absolute atomic E-state index is 12.2. The first-order valence-corrected chi connectivity index (χ1v) is 8.00. The van der Waals surface area contributed by atoms with Gasteiger partial charge in [0.25, 0.3) is 0 Å².